The predicted molar refractivity (Wildman–Crippen MR) is 99.1 cm³/mol. The number of anilines is 1. The summed E-state index contributed by atoms with van der Waals surface area (Å²) in [7, 11) is -3.55. The van der Waals surface area contributed by atoms with Crippen molar-refractivity contribution in [1.29, 1.82) is 0 Å². The molecule has 2 aromatic carbocycles. The van der Waals surface area contributed by atoms with Crippen LogP contribution in [0.4, 0.5) is 10.2 Å². The molecule has 8 heteroatoms. The second kappa shape index (κ2) is 5.77. The van der Waals surface area contributed by atoms with Crippen LogP contribution in [-0.2, 0) is 10.0 Å². The van der Waals surface area contributed by atoms with Gasteiger partial charge in [-0.1, -0.05) is 30.3 Å². The Morgan fingerprint density at radius 2 is 1.81 bits per heavy atom. The summed E-state index contributed by atoms with van der Waals surface area (Å²) < 4.78 is 41.7. The Kier molecular flexibility index (Phi) is 3.66. The number of benzene rings is 2. The van der Waals surface area contributed by atoms with Crippen molar-refractivity contribution in [1.82, 2.24) is 14.4 Å². The average molecular weight is 370 g/mol. The summed E-state index contributed by atoms with van der Waals surface area (Å²) >= 11 is 0. The van der Waals surface area contributed by atoms with Crippen molar-refractivity contribution >= 4 is 32.4 Å². The molecule has 0 radical (unpaired) electrons. The molecule has 4 aromatic rings. The molecule has 2 heterocycles. The van der Waals surface area contributed by atoms with Crippen LogP contribution in [0, 0.1) is 12.7 Å². The number of hydrogen-bond acceptors (Lipinski definition) is 4. The highest BCUT2D eigenvalue weighted by Gasteiger charge is 2.19. The van der Waals surface area contributed by atoms with Crippen molar-refractivity contribution in [3.63, 3.8) is 0 Å². The van der Waals surface area contributed by atoms with E-state index >= 15 is 0 Å². The first-order chi connectivity index (χ1) is 12.3. The smallest absolute Gasteiger partial charge is 0.231 e. The van der Waals surface area contributed by atoms with Gasteiger partial charge in [-0.3, -0.25) is 9.12 Å². The Balaban J connectivity index is 2.18. The molecule has 0 aliphatic rings. The highest BCUT2D eigenvalue weighted by atomic mass is 32.2. The van der Waals surface area contributed by atoms with Gasteiger partial charge in [0.2, 0.25) is 10.0 Å². The average Bonchev–Trinajstić information content (AvgIpc) is 2.93. The number of fused-ring (bicyclic) bond motifs is 3. The second-order valence-corrected chi connectivity index (χ2v) is 7.79. The number of nitrogens with zero attached hydrogens (tertiary/aromatic N) is 3. The quantitative estimate of drug-likeness (QED) is 0.600. The van der Waals surface area contributed by atoms with Crippen LogP contribution in [0.3, 0.4) is 0 Å². The minimum absolute atomic E-state index is 0.166. The molecular weight excluding hydrogens is 355 g/mol. The van der Waals surface area contributed by atoms with Gasteiger partial charge in [0.25, 0.3) is 0 Å². The summed E-state index contributed by atoms with van der Waals surface area (Å²) in [5, 5.41) is 0. The Bertz CT molecular complexity index is 1250. The summed E-state index contributed by atoms with van der Waals surface area (Å²) in [6, 6.07) is 13.6. The zero-order valence-electron chi connectivity index (χ0n) is 14.1. The zero-order valence-corrected chi connectivity index (χ0v) is 14.9. The number of hydrogen-bond donors (Lipinski definition) is 1. The Morgan fingerprint density at radius 3 is 2.50 bits per heavy atom. The molecule has 0 unspecified atom stereocenters. The monoisotopic (exact) mass is 370 g/mol. The molecule has 1 N–H and O–H groups in total. The number of sulfonamides is 1. The van der Waals surface area contributed by atoms with Crippen LogP contribution in [0.5, 0.6) is 0 Å². The molecule has 0 atom stereocenters. The van der Waals surface area contributed by atoms with E-state index in [2.05, 4.69) is 14.7 Å². The van der Waals surface area contributed by atoms with Crippen LogP contribution in [-0.4, -0.2) is 29.0 Å². The van der Waals surface area contributed by atoms with Crippen LogP contribution < -0.4 is 4.72 Å². The van der Waals surface area contributed by atoms with Gasteiger partial charge in [-0.25, -0.2) is 22.8 Å². The molecule has 2 aromatic heterocycles. The first kappa shape index (κ1) is 16.5. The van der Waals surface area contributed by atoms with Gasteiger partial charge in [0.15, 0.2) is 5.82 Å². The van der Waals surface area contributed by atoms with Crippen molar-refractivity contribution in [3.05, 3.63) is 60.0 Å². The predicted octanol–water partition coefficient (Wildman–Crippen LogP) is 3.37. The Hall–Kier alpha value is -3.00. The van der Waals surface area contributed by atoms with Crippen LogP contribution >= 0.6 is 0 Å². The Morgan fingerprint density at radius 1 is 1.08 bits per heavy atom. The molecule has 6 nitrogen and oxygen atoms in total. The van der Waals surface area contributed by atoms with E-state index in [9.17, 15) is 12.8 Å². The molecule has 0 spiro atoms. The van der Waals surface area contributed by atoms with E-state index in [1.54, 1.807) is 11.3 Å². The summed E-state index contributed by atoms with van der Waals surface area (Å²) in [5.74, 6) is 0.348. The van der Waals surface area contributed by atoms with Crippen molar-refractivity contribution in [3.8, 4) is 11.4 Å². The zero-order chi connectivity index (χ0) is 18.5. The minimum atomic E-state index is -3.55. The molecule has 0 aliphatic carbocycles. The third-order valence-corrected chi connectivity index (χ3v) is 4.56. The van der Waals surface area contributed by atoms with E-state index in [4.69, 9.17) is 0 Å². The van der Waals surface area contributed by atoms with E-state index in [1.165, 1.54) is 18.2 Å². The molecule has 0 fully saturated rings. The molecule has 0 saturated carbocycles. The number of nitrogens with one attached hydrogen (secondary N) is 1. The van der Waals surface area contributed by atoms with Crippen molar-refractivity contribution < 1.29 is 12.8 Å². The van der Waals surface area contributed by atoms with Gasteiger partial charge in [-0.2, -0.15) is 0 Å². The topological polar surface area (TPSA) is 76.4 Å². The third-order valence-electron chi connectivity index (χ3n) is 4.00. The summed E-state index contributed by atoms with van der Waals surface area (Å²) in [6.45, 7) is 1.77. The summed E-state index contributed by atoms with van der Waals surface area (Å²) in [5.41, 5.74) is 2.89. The maximum absolute atomic E-state index is 13.9. The van der Waals surface area contributed by atoms with Gasteiger partial charge >= 0.3 is 0 Å². The van der Waals surface area contributed by atoms with Crippen LogP contribution in [0.15, 0.2) is 48.5 Å². The number of aryl methyl sites for hydroxylation is 1. The van der Waals surface area contributed by atoms with E-state index in [-0.39, 0.29) is 5.82 Å². The van der Waals surface area contributed by atoms with Crippen LogP contribution in [0.25, 0.3) is 27.9 Å². The molecule has 4 rings (SSSR count). The van der Waals surface area contributed by atoms with E-state index in [1.807, 2.05) is 30.3 Å². The lowest BCUT2D eigenvalue weighted by molar-refractivity contribution is 0.606. The summed E-state index contributed by atoms with van der Waals surface area (Å²) in [6.07, 6.45) is 1.06. The van der Waals surface area contributed by atoms with Crippen molar-refractivity contribution in [2.24, 2.45) is 0 Å². The molecule has 26 heavy (non-hydrogen) atoms. The second-order valence-electron chi connectivity index (χ2n) is 6.04. The van der Waals surface area contributed by atoms with Crippen LogP contribution in [0.1, 0.15) is 5.69 Å². The first-order valence-corrected chi connectivity index (χ1v) is 9.74. The normalized spacial score (nSPS) is 12.0. The van der Waals surface area contributed by atoms with Gasteiger partial charge in [-0.05, 0) is 19.1 Å². The van der Waals surface area contributed by atoms with E-state index < -0.39 is 15.8 Å². The van der Waals surface area contributed by atoms with Crippen LogP contribution in [0.2, 0.25) is 0 Å². The largest absolute Gasteiger partial charge is 0.287 e. The molecule has 0 aliphatic heterocycles. The minimum Gasteiger partial charge on any atom is -0.287 e. The SMILES string of the molecule is Cc1nc(-c2ccccc2)n2c1c(NS(C)(=O)=O)nc1ccc(F)cc12. The molecule has 0 amide bonds. The van der Waals surface area contributed by atoms with Gasteiger partial charge < -0.3 is 0 Å². The standard InChI is InChI=1S/C18H15FN4O2S/c1-11-16-17(22-26(2,24)25)21-14-9-8-13(19)10-15(14)23(16)18(20-11)12-6-4-3-5-7-12/h3-10H,1-2H3,(H,21,22). The maximum Gasteiger partial charge on any atom is 0.231 e. The maximum atomic E-state index is 13.9. The van der Waals surface area contributed by atoms with Crippen molar-refractivity contribution in [2.75, 3.05) is 11.0 Å². The van der Waals surface area contributed by atoms with Crippen molar-refractivity contribution in [2.45, 2.75) is 6.92 Å². The number of imidazole rings is 1. The van der Waals surface area contributed by atoms with E-state index in [0.29, 0.717) is 28.1 Å². The molecule has 0 bridgehead atoms. The fourth-order valence-electron chi connectivity index (χ4n) is 3.01. The summed E-state index contributed by atoms with van der Waals surface area (Å²) in [4.78, 5) is 8.98. The van der Waals surface area contributed by atoms with Gasteiger partial charge in [0.1, 0.15) is 17.2 Å². The molecule has 132 valence electrons. The first-order valence-electron chi connectivity index (χ1n) is 7.85. The van der Waals surface area contributed by atoms with E-state index in [0.717, 1.165) is 11.8 Å². The third kappa shape index (κ3) is 2.78. The van der Waals surface area contributed by atoms with Gasteiger partial charge in [0, 0.05) is 11.6 Å². The number of aromatic nitrogens is 3. The molecular formula is C18H15FN4O2S. The molecule has 0 saturated heterocycles. The number of halogens is 1. The fraction of sp³-hybridized carbons (Fsp3) is 0.111. The lowest BCUT2D eigenvalue weighted by Crippen LogP contribution is -2.12. The van der Waals surface area contributed by atoms with Gasteiger partial charge in [-0.15, -0.1) is 0 Å². The fourth-order valence-corrected chi connectivity index (χ4v) is 3.51. The lowest BCUT2D eigenvalue weighted by Gasteiger charge is -2.11. The highest BCUT2D eigenvalue weighted by Crippen LogP contribution is 2.31. The lowest BCUT2D eigenvalue weighted by atomic mass is 10.2. The Labute approximate surface area is 149 Å². The highest BCUT2D eigenvalue weighted by molar-refractivity contribution is 7.92. The van der Waals surface area contributed by atoms with Gasteiger partial charge in [0.05, 0.1) is 23.0 Å². The number of rotatable bonds is 3.